The first-order valence-electron chi connectivity index (χ1n) is 12.3. The summed E-state index contributed by atoms with van der Waals surface area (Å²) in [5, 5.41) is 14.0. The van der Waals surface area contributed by atoms with Crippen LogP contribution in [0.1, 0.15) is 17.2 Å². The van der Waals surface area contributed by atoms with Crippen molar-refractivity contribution in [3.05, 3.63) is 68.5 Å². The molecule has 9 nitrogen and oxygen atoms in total. The van der Waals surface area contributed by atoms with Gasteiger partial charge in [0, 0.05) is 44.6 Å². The van der Waals surface area contributed by atoms with Gasteiger partial charge in [-0.05, 0) is 71.4 Å². The molecule has 10 heteroatoms. The summed E-state index contributed by atoms with van der Waals surface area (Å²) in [6.07, 6.45) is 0.794. The molecule has 0 radical (unpaired) electrons. The molecule has 1 saturated heterocycles. The highest BCUT2D eigenvalue weighted by Gasteiger charge is 2.19. The Hall–Kier alpha value is -3.34. The number of fused-ring (bicyclic) bond motifs is 1. The number of aliphatic hydroxyl groups is 1. The zero-order valence-corrected chi connectivity index (χ0v) is 22.7. The van der Waals surface area contributed by atoms with E-state index in [4.69, 9.17) is 9.72 Å². The van der Waals surface area contributed by atoms with Crippen LogP contribution >= 0.6 is 15.9 Å². The second-order valence-electron chi connectivity index (χ2n) is 9.42. The zero-order chi connectivity index (χ0) is 26.1. The summed E-state index contributed by atoms with van der Waals surface area (Å²) < 4.78 is 6.03. The largest absolute Gasteiger partial charge is 0.496 e. The Labute approximate surface area is 223 Å². The summed E-state index contributed by atoms with van der Waals surface area (Å²) in [6.45, 7) is 6.26. The lowest BCUT2D eigenvalue weighted by molar-refractivity contribution is 0.191. The molecule has 0 saturated carbocycles. The SMILES string of the molecule is COc1ccc(C(O)CNc2cc[nH]c(=O)c2-c2nc3c(C)cc(N4CCN(C)CC4)cc3[nH]2)cc1Br. The number of imidazole rings is 1. The molecular formula is C27H31BrN6O3. The van der Waals surface area contributed by atoms with Gasteiger partial charge in [0.15, 0.2) is 0 Å². The van der Waals surface area contributed by atoms with Gasteiger partial charge in [0.05, 0.1) is 34.4 Å². The molecule has 0 spiro atoms. The van der Waals surface area contributed by atoms with Gasteiger partial charge in [-0.2, -0.15) is 0 Å². The fourth-order valence-electron chi connectivity index (χ4n) is 4.71. The lowest BCUT2D eigenvalue weighted by Gasteiger charge is -2.34. The number of ether oxygens (including phenoxy) is 1. The van der Waals surface area contributed by atoms with E-state index in [9.17, 15) is 9.90 Å². The number of likely N-dealkylation sites (N-methyl/N-ethyl adjacent to an activating group) is 1. The normalized spacial score (nSPS) is 15.2. The van der Waals surface area contributed by atoms with Crippen molar-refractivity contribution >= 4 is 38.3 Å². The van der Waals surface area contributed by atoms with Crippen molar-refractivity contribution in [3.63, 3.8) is 0 Å². The van der Waals surface area contributed by atoms with E-state index in [1.54, 1.807) is 25.4 Å². The second kappa shape index (κ2) is 10.6. The quantitative estimate of drug-likeness (QED) is 0.268. The maximum atomic E-state index is 12.9. The van der Waals surface area contributed by atoms with Gasteiger partial charge in [0.2, 0.25) is 0 Å². The molecule has 0 aliphatic carbocycles. The first-order valence-corrected chi connectivity index (χ1v) is 13.0. The molecule has 1 aliphatic rings. The minimum absolute atomic E-state index is 0.210. The number of halogens is 1. The third-order valence-corrected chi connectivity index (χ3v) is 7.49. The Bertz CT molecular complexity index is 1480. The van der Waals surface area contributed by atoms with Gasteiger partial charge in [0.1, 0.15) is 17.1 Å². The minimum Gasteiger partial charge on any atom is -0.496 e. The van der Waals surface area contributed by atoms with Crippen LogP contribution in [-0.4, -0.2) is 71.8 Å². The summed E-state index contributed by atoms with van der Waals surface area (Å²) >= 11 is 3.46. The van der Waals surface area contributed by atoms with E-state index in [-0.39, 0.29) is 12.1 Å². The number of benzene rings is 2. The van der Waals surface area contributed by atoms with E-state index in [0.29, 0.717) is 22.8 Å². The molecule has 4 aromatic rings. The first kappa shape index (κ1) is 25.3. The van der Waals surface area contributed by atoms with E-state index in [1.807, 2.05) is 19.1 Å². The fourth-order valence-corrected chi connectivity index (χ4v) is 5.27. The number of methoxy groups -OCH3 is 1. The highest BCUT2D eigenvalue weighted by Crippen LogP contribution is 2.31. The number of nitrogens with one attached hydrogen (secondary N) is 3. The van der Waals surface area contributed by atoms with Gasteiger partial charge >= 0.3 is 0 Å². The van der Waals surface area contributed by atoms with Crippen LogP contribution in [-0.2, 0) is 0 Å². The monoisotopic (exact) mass is 566 g/mol. The molecule has 1 fully saturated rings. The molecule has 2 aromatic carbocycles. The number of nitrogens with zero attached hydrogens (tertiary/aromatic N) is 3. The molecule has 0 bridgehead atoms. The summed E-state index contributed by atoms with van der Waals surface area (Å²) in [5.41, 5.74) is 5.39. The summed E-state index contributed by atoms with van der Waals surface area (Å²) in [4.78, 5) is 28.6. The average Bonchev–Trinajstić information content (AvgIpc) is 3.32. The lowest BCUT2D eigenvalue weighted by atomic mass is 10.1. The number of pyridine rings is 1. The minimum atomic E-state index is -0.793. The Morgan fingerprint density at radius 2 is 1.97 bits per heavy atom. The predicted molar refractivity (Wildman–Crippen MR) is 151 cm³/mol. The predicted octanol–water partition coefficient (Wildman–Crippen LogP) is 3.90. The average molecular weight is 567 g/mol. The molecule has 1 unspecified atom stereocenters. The Balaban J connectivity index is 1.42. The maximum absolute atomic E-state index is 12.9. The number of aliphatic hydroxyl groups excluding tert-OH is 1. The Morgan fingerprint density at radius 1 is 1.19 bits per heavy atom. The molecule has 0 amide bonds. The second-order valence-corrected chi connectivity index (χ2v) is 10.3. The van der Waals surface area contributed by atoms with Crippen molar-refractivity contribution in [1.29, 1.82) is 0 Å². The maximum Gasteiger partial charge on any atom is 0.261 e. The van der Waals surface area contributed by atoms with Crippen molar-refractivity contribution in [2.24, 2.45) is 0 Å². The number of hydrogen-bond donors (Lipinski definition) is 4. The van der Waals surface area contributed by atoms with Crippen molar-refractivity contribution in [1.82, 2.24) is 19.9 Å². The summed E-state index contributed by atoms with van der Waals surface area (Å²) in [7, 11) is 3.74. The molecule has 194 valence electrons. The van der Waals surface area contributed by atoms with Crippen LogP contribution in [0.25, 0.3) is 22.4 Å². The summed E-state index contributed by atoms with van der Waals surface area (Å²) in [5.74, 6) is 1.18. The smallest absolute Gasteiger partial charge is 0.261 e. The molecular weight excluding hydrogens is 536 g/mol. The van der Waals surface area contributed by atoms with Crippen LogP contribution in [0.3, 0.4) is 0 Å². The van der Waals surface area contributed by atoms with Crippen LogP contribution in [0.5, 0.6) is 5.75 Å². The van der Waals surface area contributed by atoms with Crippen molar-refractivity contribution in [2.45, 2.75) is 13.0 Å². The molecule has 2 aromatic heterocycles. The molecule has 1 aliphatic heterocycles. The van der Waals surface area contributed by atoms with E-state index >= 15 is 0 Å². The van der Waals surface area contributed by atoms with Gasteiger partial charge in [-0.1, -0.05) is 6.07 Å². The number of rotatable bonds is 7. The number of aromatic amines is 2. The van der Waals surface area contributed by atoms with Crippen molar-refractivity contribution < 1.29 is 9.84 Å². The third kappa shape index (κ3) is 5.22. The zero-order valence-electron chi connectivity index (χ0n) is 21.1. The molecule has 1 atom stereocenters. The number of aromatic nitrogens is 3. The van der Waals surface area contributed by atoms with Gasteiger partial charge in [-0.25, -0.2) is 4.98 Å². The van der Waals surface area contributed by atoms with E-state index in [0.717, 1.165) is 58.5 Å². The van der Waals surface area contributed by atoms with Crippen LogP contribution < -0.4 is 20.5 Å². The Kier molecular flexibility index (Phi) is 7.23. The number of aryl methyl sites for hydroxylation is 1. The number of anilines is 2. The van der Waals surface area contributed by atoms with Crippen LogP contribution in [0, 0.1) is 6.92 Å². The van der Waals surface area contributed by atoms with E-state index in [1.165, 1.54) is 0 Å². The standard InChI is InChI=1S/C27H31BrN6O3/c1-16-12-18(34-10-8-33(2)9-11-34)14-21-25(16)32-26(31-21)24-20(6-7-29-27(24)36)30-15-22(35)17-4-5-23(37-3)19(28)13-17/h4-7,12-14,22,35H,8-11,15H2,1-3H3,(H,31,32)(H2,29,30,36). The highest BCUT2D eigenvalue weighted by molar-refractivity contribution is 9.10. The lowest BCUT2D eigenvalue weighted by Crippen LogP contribution is -2.44. The van der Waals surface area contributed by atoms with Crippen LogP contribution in [0.15, 0.2) is 51.9 Å². The van der Waals surface area contributed by atoms with Crippen LogP contribution in [0.4, 0.5) is 11.4 Å². The summed E-state index contributed by atoms with van der Waals surface area (Å²) in [6, 6.07) is 11.5. The topological polar surface area (TPSA) is 110 Å². The van der Waals surface area contributed by atoms with Crippen molar-refractivity contribution in [3.8, 4) is 17.1 Å². The molecule has 4 N–H and O–H groups in total. The number of H-pyrrole nitrogens is 2. The molecule has 37 heavy (non-hydrogen) atoms. The van der Waals surface area contributed by atoms with E-state index < -0.39 is 6.10 Å². The van der Waals surface area contributed by atoms with Crippen LogP contribution in [0.2, 0.25) is 0 Å². The van der Waals surface area contributed by atoms with Crippen molar-refractivity contribution in [2.75, 3.05) is 57.1 Å². The van der Waals surface area contributed by atoms with Gasteiger partial charge in [0.25, 0.3) is 5.56 Å². The molecule has 3 heterocycles. The highest BCUT2D eigenvalue weighted by atomic mass is 79.9. The number of piperazine rings is 1. The molecule has 5 rings (SSSR count). The fraction of sp³-hybridized carbons (Fsp3) is 0.333. The van der Waals surface area contributed by atoms with Gasteiger partial charge in [-0.15, -0.1) is 0 Å². The number of hydrogen-bond acceptors (Lipinski definition) is 7. The Morgan fingerprint density at radius 3 is 2.70 bits per heavy atom. The van der Waals surface area contributed by atoms with Gasteiger partial charge in [-0.3, -0.25) is 4.79 Å². The van der Waals surface area contributed by atoms with E-state index in [2.05, 4.69) is 60.2 Å². The first-order chi connectivity index (χ1) is 17.8. The third-order valence-electron chi connectivity index (χ3n) is 6.87. The van der Waals surface area contributed by atoms with Gasteiger partial charge < -0.3 is 34.9 Å².